The Labute approximate surface area is 196 Å². The van der Waals surface area contributed by atoms with Gasteiger partial charge in [-0.2, -0.15) is 15.8 Å². The maximum absolute atomic E-state index is 10.2. The minimum Gasteiger partial charge on any atom is -0.493 e. The van der Waals surface area contributed by atoms with E-state index in [1.54, 1.807) is 7.11 Å². The van der Waals surface area contributed by atoms with Gasteiger partial charge in [-0.15, -0.1) is 0 Å². The van der Waals surface area contributed by atoms with E-state index in [1.807, 2.05) is 31.3 Å². The van der Waals surface area contributed by atoms with Gasteiger partial charge in [-0.05, 0) is 36.7 Å². The van der Waals surface area contributed by atoms with Crippen molar-refractivity contribution in [1.29, 1.82) is 15.8 Å². The minimum absolute atomic E-state index is 0.0299. The maximum atomic E-state index is 10.2. The van der Waals surface area contributed by atoms with Crippen molar-refractivity contribution in [3.8, 4) is 29.7 Å². The third-order valence-electron chi connectivity index (χ3n) is 6.65. The van der Waals surface area contributed by atoms with Gasteiger partial charge >= 0.3 is 0 Å². The van der Waals surface area contributed by atoms with E-state index in [1.165, 1.54) is 6.42 Å². The fourth-order valence-electron chi connectivity index (χ4n) is 4.91. The van der Waals surface area contributed by atoms with Crippen molar-refractivity contribution in [3.05, 3.63) is 46.7 Å². The molecule has 2 aliphatic rings. The van der Waals surface area contributed by atoms with E-state index in [0.717, 1.165) is 30.4 Å². The number of allylic oxidation sites excluding steroid dienone is 2. The summed E-state index contributed by atoms with van der Waals surface area (Å²) in [7, 11) is 3.56. The van der Waals surface area contributed by atoms with Gasteiger partial charge in [-0.3, -0.25) is 0 Å². The summed E-state index contributed by atoms with van der Waals surface area (Å²) in [6.45, 7) is 4.05. The molecule has 0 saturated heterocycles. The van der Waals surface area contributed by atoms with Gasteiger partial charge in [0.2, 0.25) is 0 Å². The highest BCUT2D eigenvalue weighted by molar-refractivity contribution is 5.60. The van der Waals surface area contributed by atoms with Gasteiger partial charge in [-0.1, -0.05) is 38.3 Å². The molecule has 2 N–H and O–H groups in total. The van der Waals surface area contributed by atoms with Gasteiger partial charge < -0.3 is 20.1 Å². The summed E-state index contributed by atoms with van der Waals surface area (Å²) in [6.07, 6.45) is 6.40. The summed E-state index contributed by atoms with van der Waals surface area (Å²) in [6, 6.07) is 12.1. The molecule has 7 heteroatoms. The largest absolute Gasteiger partial charge is 0.493 e. The predicted molar refractivity (Wildman–Crippen MR) is 125 cm³/mol. The lowest BCUT2D eigenvalue weighted by Gasteiger charge is -2.45. The monoisotopic (exact) mass is 445 g/mol. The summed E-state index contributed by atoms with van der Waals surface area (Å²) in [5.41, 5.74) is 6.58. The first-order chi connectivity index (χ1) is 16.0. The first-order valence-electron chi connectivity index (χ1n) is 11.4. The van der Waals surface area contributed by atoms with Crippen molar-refractivity contribution in [2.24, 2.45) is 17.1 Å². The van der Waals surface area contributed by atoms with Crippen LogP contribution in [-0.2, 0) is 0 Å². The number of methoxy groups -OCH3 is 1. The molecule has 0 saturated carbocycles. The van der Waals surface area contributed by atoms with Crippen LogP contribution in [0.2, 0.25) is 0 Å². The van der Waals surface area contributed by atoms with E-state index in [2.05, 4.69) is 30.0 Å². The van der Waals surface area contributed by atoms with Crippen LogP contribution in [0.1, 0.15) is 44.1 Å². The lowest BCUT2D eigenvalue weighted by Crippen LogP contribution is -2.47. The molecular weight excluding hydrogens is 414 g/mol. The first kappa shape index (κ1) is 24.2. The Morgan fingerprint density at radius 3 is 2.55 bits per heavy atom. The molecule has 7 nitrogen and oxygen atoms in total. The molecule has 1 aliphatic heterocycles. The molecule has 1 aromatic carbocycles. The van der Waals surface area contributed by atoms with Crippen LogP contribution in [0.3, 0.4) is 0 Å². The van der Waals surface area contributed by atoms with E-state index in [4.69, 9.17) is 15.2 Å². The van der Waals surface area contributed by atoms with Gasteiger partial charge in [0, 0.05) is 24.9 Å². The summed E-state index contributed by atoms with van der Waals surface area (Å²) in [5, 5.41) is 30.2. The Balaban J connectivity index is 2.06. The van der Waals surface area contributed by atoms with Crippen LogP contribution >= 0.6 is 0 Å². The second-order valence-corrected chi connectivity index (χ2v) is 8.72. The molecule has 1 heterocycles. The molecule has 2 atom stereocenters. The Morgan fingerprint density at radius 1 is 1.15 bits per heavy atom. The second-order valence-electron chi connectivity index (χ2n) is 8.72. The molecule has 0 aromatic heterocycles. The van der Waals surface area contributed by atoms with Crippen molar-refractivity contribution in [2.75, 3.05) is 33.9 Å². The van der Waals surface area contributed by atoms with Crippen LogP contribution in [-0.4, -0.2) is 38.8 Å². The lowest BCUT2D eigenvalue weighted by molar-refractivity contribution is 0.237. The highest BCUT2D eigenvalue weighted by Gasteiger charge is 2.54. The van der Waals surface area contributed by atoms with Crippen molar-refractivity contribution < 1.29 is 9.47 Å². The number of ether oxygens (including phenoxy) is 2. The molecule has 0 spiro atoms. The lowest BCUT2D eigenvalue weighted by atomic mass is 9.58. The topological polar surface area (TPSA) is 119 Å². The van der Waals surface area contributed by atoms with E-state index in [9.17, 15) is 15.8 Å². The Kier molecular flexibility index (Phi) is 7.64. The number of unbranched alkanes of at least 4 members (excludes halogenated alkanes) is 3. The summed E-state index contributed by atoms with van der Waals surface area (Å²) in [5.74, 6) is 0.406. The summed E-state index contributed by atoms with van der Waals surface area (Å²) >= 11 is 0. The zero-order chi connectivity index (χ0) is 24.0. The van der Waals surface area contributed by atoms with Crippen molar-refractivity contribution in [3.63, 3.8) is 0 Å². The first-order valence-corrected chi connectivity index (χ1v) is 11.4. The number of likely N-dealkylation sites (N-methyl/N-ethyl adjacent to an activating group) is 1. The molecule has 0 radical (unpaired) electrons. The summed E-state index contributed by atoms with van der Waals surface area (Å²) in [4.78, 5) is 2.11. The molecule has 172 valence electrons. The van der Waals surface area contributed by atoms with Crippen LogP contribution < -0.4 is 15.2 Å². The van der Waals surface area contributed by atoms with Crippen LogP contribution in [0, 0.1) is 45.3 Å². The van der Waals surface area contributed by atoms with Crippen molar-refractivity contribution >= 4 is 0 Å². The molecule has 1 aliphatic carbocycles. The molecule has 0 fully saturated rings. The highest BCUT2D eigenvalue weighted by atomic mass is 16.5. The van der Waals surface area contributed by atoms with Gasteiger partial charge in [0.1, 0.15) is 6.07 Å². The molecule has 2 unspecified atom stereocenters. The molecule has 1 aromatic rings. The molecule has 0 amide bonds. The SMILES string of the molecule is CCCCCCOc1ccc(C2C3CN(C)CC=C3C(C#N)=C(N)C2(C#N)C#N)cc1OC. The van der Waals surface area contributed by atoms with Crippen molar-refractivity contribution in [2.45, 2.75) is 38.5 Å². The number of hydrogen-bond donors (Lipinski definition) is 1. The van der Waals surface area contributed by atoms with E-state index >= 15 is 0 Å². The Hall–Kier alpha value is -3.47. The highest BCUT2D eigenvalue weighted by Crippen LogP contribution is 2.54. The third-order valence-corrected chi connectivity index (χ3v) is 6.65. The number of fused-ring (bicyclic) bond motifs is 1. The van der Waals surface area contributed by atoms with Crippen molar-refractivity contribution in [1.82, 2.24) is 4.90 Å². The molecule has 0 bridgehead atoms. The number of nitrogens with two attached hydrogens (primary N) is 1. The van der Waals surface area contributed by atoms with E-state index in [-0.39, 0.29) is 17.2 Å². The third kappa shape index (κ3) is 4.40. The van der Waals surface area contributed by atoms with Crippen LogP contribution in [0.15, 0.2) is 41.1 Å². The van der Waals surface area contributed by atoms with Crippen LogP contribution in [0.4, 0.5) is 0 Å². The van der Waals surface area contributed by atoms with Gasteiger partial charge in [-0.25, -0.2) is 0 Å². The molecular formula is C26H31N5O2. The zero-order valence-electron chi connectivity index (χ0n) is 19.6. The number of nitrogens with zero attached hydrogens (tertiary/aromatic N) is 4. The number of benzene rings is 1. The minimum atomic E-state index is -1.65. The van der Waals surface area contributed by atoms with Crippen LogP contribution in [0.25, 0.3) is 0 Å². The fourth-order valence-corrected chi connectivity index (χ4v) is 4.91. The standard InChI is InChI=1S/C26H31N5O2/c1-4-5-6-7-12-33-22-9-8-18(13-23(22)32-3)24-21-15-31(2)11-10-19(21)20(14-27)25(30)26(24,16-28)17-29/h8-10,13,21,24H,4-7,11-12,15,30H2,1-3H3. The number of nitriles is 3. The van der Waals surface area contributed by atoms with E-state index in [0.29, 0.717) is 31.2 Å². The average molecular weight is 446 g/mol. The van der Waals surface area contributed by atoms with Gasteiger partial charge in [0.25, 0.3) is 0 Å². The van der Waals surface area contributed by atoms with Gasteiger partial charge in [0.15, 0.2) is 16.9 Å². The Morgan fingerprint density at radius 2 is 1.91 bits per heavy atom. The zero-order valence-corrected chi connectivity index (χ0v) is 19.6. The predicted octanol–water partition coefficient (Wildman–Crippen LogP) is 4.01. The summed E-state index contributed by atoms with van der Waals surface area (Å²) < 4.78 is 11.6. The maximum Gasteiger partial charge on any atom is 0.191 e. The normalized spacial score (nSPS) is 21.8. The number of rotatable bonds is 8. The quantitative estimate of drug-likeness (QED) is 0.600. The fraction of sp³-hybridized carbons (Fsp3) is 0.500. The average Bonchev–Trinajstić information content (AvgIpc) is 2.83. The second kappa shape index (κ2) is 10.4. The Bertz CT molecular complexity index is 1060. The van der Waals surface area contributed by atoms with Gasteiger partial charge in [0.05, 0.1) is 37.1 Å². The smallest absolute Gasteiger partial charge is 0.191 e. The number of hydrogen-bond acceptors (Lipinski definition) is 7. The van der Waals surface area contributed by atoms with Crippen LogP contribution in [0.5, 0.6) is 11.5 Å². The molecule has 33 heavy (non-hydrogen) atoms. The van der Waals surface area contributed by atoms with E-state index < -0.39 is 11.3 Å². The molecule has 3 rings (SSSR count).